The summed E-state index contributed by atoms with van der Waals surface area (Å²) >= 11 is 0. The zero-order valence-electron chi connectivity index (χ0n) is 8.64. The second kappa shape index (κ2) is 5.02. The molecule has 0 aromatic carbocycles. The molecule has 1 unspecified atom stereocenters. The summed E-state index contributed by atoms with van der Waals surface area (Å²) in [5.41, 5.74) is 6.91. The highest BCUT2D eigenvalue weighted by Crippen LogP contribution is 2.11. The van der Waals surface area contributed by atoms with E-state index in [0.29, 0.717) is 11.6 Å². The van der Waals surface area contributed by atoms with Gasteiger partial charge < -0.3 is 10.8 Å². The molecule has 0 amide bonds. The summed E-state index contributed by atoms with van der Waals surface area (Å²) < 4.78 is 0. The van der Waals surface area contributed by atoms with Crippen LogP contribution in [0.25, 0.3) is 0 Å². The zero-order valence-corrected chi connectivity index (χ0v) is 8.64. The highest BCUT2D eigenvalue weighted by Gasteiger charge is 2.08. The Morgan fingerprint density at radius 1 is 1.43 bits per heavy atom. The van der Waals surface area contributed by atoms with Gasteiger partial charge in [-0.15, -0.1) is 0 Å². The molecule has 1 aromatic heterocycles. The van der Waals surface area contributed by atoms with Crippen molar-refractivity contribution >= 4 is 0 Å². The van der Waals surface area contributed by atoms with E-state index in [4.69, 9.17) is 5.73 Å². The van der Waals surface area contributed by atoms with Crippen molar-refractivity contribution in [2.45, 2.75) is 26.4 Å². The number of hydrogen-bond acceptors (Lipinski definition) is 4. The number of rotatable bonds is 4. The van der Waals surface area contributed by atoms with Crippen molar-refractivity contribution in [3.63, 3.8) is 0 Å². The lowest BCUT2D eigenvalue weighted by Gasteiger charge is -2.09. The van der Waals surface area contributed by atoms with Crippen LogP contribution in [0, 0.1) is 5.92 Å². The van der Waals surface area contributed by atoms with E-state index in [2.05, 4.69) is 23.8 Å². The first-order chi connectivity index (χ1) is 6.63. The van der Waals surface area contributed by atoms with Crippen LogP contribution in [0.3, 0.4) is 0 Å². The normalized spacial score (nSPS) is 13.2. The molecule has 0 aliphatic carbocycles. The van der Waals surface area contributed by atoms with E-state index in [1.807, 2.05) is 6.07 Å². The highest BCUT2D eigenvalue weighted by molar-refractivity contribution is 5.11. The molecule has 0 aliphatic heterocycles. The van der Waals surface area contributed by atoms with Crippen molar-refractivity contribution < 1.29 is 5.11 Å². The average Bonchev–Trinajstić information content (AvgIpc) is 2.16. The molecule has 0 saturated carbocycles. The second-order valence-corrected chi connectivity index (χ2v) is 3.78. The molecule has 0 fully saturated rings. The zero-order chi connectivity index (χ0) is 10.6. The van der Waals surface area contributed by atoms with Crippen LogP contribution in [0.15, 0.2) is 12.4 Å². The summed E-state index contributed by atoms with van der Waals surface area (Å²) in [5.74, 6) is 0.549. The topological polar surface area (TPSA) is 72.0 Å². The van der Waals surface area contributed by atoms with Gasteiger partial charge in [0.2, 0.25) is 0 Å². The summed E-state index contributed by atoms with van der Waals surface area (Å²) in [6.45, 7) is 4.44. The predicted molar refractivity (Wildman–Crippen MR) is 54.6 cm³/mol. The fraction of sp³-hybridized carbons (Fsp3) is 0.600. The van der Waals surface area contributed by atoms with Gasteiger partial charge in [0.1, 0.15) is 12.4 Å². The minimum Gasteiger partial charge on any atom is -0.385 e. The van der Waals surface area contributed by atoms with Gasteiger partial charge in [0, 0.05) is 12.2 Å². The van der Waals surface area contributed by atoms with E-state index in [0.717, 1.165) is 12.1 Å². The number of nitrogens with two attached hydrogens (primary N) is 1. The number of aromatic nitrogens is 2. The summed E-state index contributed by atoms with van der Waals surface area (Å²) in [4.78, 5) is 8.11. The lowest BCUT2D eigenvalue weighted by molar-refractivity contribution is 0.181. The molecule has 0 spiro atoms. The van der Waals surface area contributed by atoms with Crippen LogP contribution in [-0.4, -0.2) is 21.6 Å². The van der Waals surface area contributed by atoms with Crippen LogP contribution in [-0.2, 0) is 6.42 Å². The molecule has 78 valence electrons. The molecule has 4 heteroatoms. The second-order valence-electron chi connectivity index (χ2n) is 3.78. The first kappa shape index (κ1) is 11.1. The molecule has 1 aromatic rings. The standard InChI is InChI=1S/C10H17N3O/c1-7(2)3-8-4-9(10(14)5-11)13-6-12-8/h4,6-7,10,14H,3,5,11H2,1-2H3. The van der Waals surface area contributed by atoms with E-state index >= 15 is 0 Å². The molecular formula is C10H17N3O. The molecule has 1 atom stereocenters. The minimum absolute atomic E-state index is 0.193. The van der Waals surface area contributed by atoms with E-state index in [1.165, 1.54) is 6.33 Å². The van der Waals surface area contributed by atoms with Crippen molar-refractivity contribution in [1.82, 2.24) is 9.97 Å². The monoisotopic (exact) mass is 195 g/mol. The van der Waals surface area contributed by atoms with Gasteiger partial charge in [-0.25, -0.2) is 9.97 Å². The molecule has 0 aliphatic rings. The number of nitrogens with zero attached hydrogens (tertiary/aromatic N) is 2. The van der Waals surface area contributed by atoms with E-state index in [-0.39, 0.29) is 6.54 Å². The minimum atomic E-state index is -0.677. The first-order valence-electron chi connectivity index (χ1n) is 4.82. The maximum Gasteiger partial charge on any atom is 0.116 e. The van der Waals surface area contributed by atoms with Crippen molar-refractivity contribution in [2.75, 3.05) is 6.54 Å². The third-order valence-corrected chi connectivity index (χ3v) is 1.93. The van der Waals surface area contributed by atoms with Crippen LogP contribution in [0.1, 0.15) is 31.3 Å². The fourth-order valence-corrected chi connectivity index (χ4v) is 1.25. The average molecular weight is 195 g/mol. The van der Waals surface area contributed by atoms with Gasteiger partial charge in [-0.1, -0.05) is 13.8 Å². The smallest absolute Gasteiger partial charge is 0.116 e. The third kappa shape index (κ3) is 3.05. The van der Waals surface area contributed by atoms with Crippen LogP contribution >= 0.6 is 0 Å². The lowest BCUT2D eigenvalue weighted by atomic mass is 10.1. The molecule has 1 heterocycles. The number of hydrogen-bond donors (Lipinski definition) is 2. The molecule has 0 radical (unpaired) electrons. The molecule has 0 bridgehead atoms. The van der Waals surface area contributed by atoms with Crippen LogP contribution in [0.2, 0.25) is 0 Å². The largest absolute Gasteiger partial charge is 0.385 e. The first-order valence-corrected chi connectivity index (χ1v) is 4.82. The van der Waals surface area contributed by atoms with Crippen molar-refractivity contribution in [1.29, 1.82) is 0 Å². The molecule has 3 N–H and O–H groups in total. The Bertz CT molecular complexity index is 288. The molecule has 4 nitrogen and oxygen atoms in total. The Kier molecular flexibility index (Phi) is 3.98. The van der Waals surface area contributed by atoms with E-state index in [1.54, 1.807) is 0 Å². The predicted octanol–water partition coefficient (Wildman–Crippen LogP) is 0.667. The quantitative estimate of drug-likeness (QED) is 0.740. The maximum absolute atomic E-state index is 9.47. The van der Waals surface area contributed by atoms with Gasteiger partial charge in [-0.2, -0.15) is 0 Å². The van der Waals surface area contributed by atoms with Crippen LogP contribution < -0.4 is 5.73 Å². The molecule has 0 saturated heterocycles. The van der Waals surface area contributed by atoms with Crippen LogP contribution in [0.4, 0.5) is 0 Å². The number of aliphatic hydroxyl groups is 1. The van der Waals surface area contributed by atoms with Crippen molar-refractivity contribution in [3.8, 4) is 0 Å². The Morgan fingerprint density at radius 3 is 2.71 bits per heavy atom. The van der Waals surface area contributed by atoms with E-state index in [9.17, 15) is 5.11 Å². The summed E-state index contributed by atoms with van der Waals surface area (Å²) in [6, 6.07) is 1.82. The van der Waals surface area contributed by atoms with Crippen LogP contribution in [0.5, 0.6) is 0 Å². The van der Waals surface area contributed by atoms with Crippen molar-refractivity contribution in [2.24, 2.45) is 11.7 Å². The van der Waals surface area contributed by atoms with Gasteiger partial charge >= 0.3 is 0 Å². The summed E-state index contributed by atoms with van der Waals surface area (Å²) in [5, 5.41) is 9.47. The molecule has 14 heavy (non-hydrogen) atoms. The SMILES string of the molecule is CC(C)Cc1cc(C(O)CN)ncn1. The highest BCUT2D eigenvalue weighted by atomic mass is 16.3. The molecular weight excluding hydrogens is 178 g/mol. The van der Waals surface area contributed by atoms with Gasteiger partial charge in [0.05, 0.1) is 5.69 Å². The Balaban J connectivity index is 2.78. The lowest BCUT2D eigenvalue weighted by Crippen LogP contribution is -2.13. The Labute approximate surface area is 84.2 Å². The fourth-order valence-electron chi connectivity index (χ4n) is 1.25. The van der Waals surface area contributed by atoms with Gasteiger partial charge in [0.15, 0.2) is 0 Å². The third-order valence-electron chi connectivity index (χ3n) is 1.93. The number of aliphatic hydroxyl groups excluding tert-OH is 1. The van der Waals surface area contributed by atoms with Gasteiger partial charge in [-0.05, 0) is 18.4 Å². The maximum atomic E-state index is 9.47. The summed E-state index contributed by atoms with van der Waals surface area (Å²) in [7, 11) is 0. The molecule has 1 rings (SSSR count). The van der Waals surface area contributed by atoms with Gasteiger partial charge in [0.25, 0.3) is 0 Å². The van der Waals surface area contributed by atoms with Gasteiger partial charge in [-0.3, -0.25) is 0 Å². The summed E-state index contributed by atoms with van der Waals surface area (Å²) in [6.07, 6.45) is 1.70. The Morgan fingerprint density at radius 2 is 2.14 bits per heavy atom. The Hall–Kier alpha value is -1.00. The van der Waals surface area contributed by atoms with Crippen molar-refractivity contribution in [3.05, 3.63) is 23.8 Å². The van der Waals surface area contributed by atoms with E-state index < -0.39 is 6.10 Å².